The quantitative estimate of drug-likeness (QED) is 0.389. The minimum atomic E-state index is -0.0489. The lowest BCUT2D eigenvalue weighted by Gasteiger charge is -2.12. The average molecular weight is 425 g/mol. The zero-order chi connectivity index (χ0) is 20.9. The first-order chi connectivity index (χ1) is 15.2. The minimum Gasteiger partial charge on any atom is -0.310 e. The third-order valence-corrected chi connectivity index (χ3v) is 6.31. The highest BCUT2D eigenvalue weighted by Gasteiger charge is 2.42. The number of halogens is 1. The van der Waals surface area contributed by atoms with E-state index in [0.717, 1.165) is 39.5 Å². The number of para-hydroxylation sites is 1. The van der Waals surface area contributed by atoms with Crippen LogP contribution in [0.4, 0.5) is 0 Å². The number of fused-ring (bicyclic) bond motifs is 2. The van der Waals surface area contributed by atoms with Crippen LogP contribution in [-0.4, -0.2) is 19.5 Å². The fraction of sp³-hybridized carbons (Fsp3) is 0.120. The van der Waals surface area contributed by atoms with Crippen molar-refractivity contribution in [2.45, 2.75) is 18.4 Å². The predicted molar refractivity (Wildman–Crippen MR) is 122 cm³/mol. The summed E-state index contributed by atoms with van der Waals surface area (Å²) in [5, 5.41) is 3.02. The van der Waals surface area contributed by atoms with Crippen molar-refractivity contribution in [3.05, 3.63) is 101 Å². The van der Waals surface area contributed by atoms with Crippen molar-refractivity contribution < 1.29 is 0 Å². The summed E-state index contributed by atoms with van der Waals surface area (Å²) < 4.78 is 1.78. The van der Waals surface area contributed by atoms with E-state index in [9.17, 15) is 4.79 Å². The van der Waals surface area contributed by atoms with E-state index in [-0.39, 0.29) is 17.5 Å². The van der Waals surface area contributed by atoms with E-state index in [1.807, 2.05) is 36.4 Å². The standard InChI is InChI=1S/C25H17ClN4O/c26-20-13-30(23-10-19(23)22-9-8-15-4-1-2-7-21(15)29-22)25(31)24-17(5-3-6-18(20)24)16-11-27-14-28-12-16/h1-9,11-14,19,23H,10H2/t19-,23-/m1/s1. The van der Waals surface area contributed by atoms with Crippen molar-refractivity contribution in [3.8, 4) is 11.1 Å². The highest BCUT2D eigenvalue weighted by molar-refractivity contribution is 6.35. The third kappa shape index (κ3) is 3.01. The molecular formula is C25H17ClN4O. The Bertz CT molecular complexity index is 1510. The summed E-state index contributed by atoms with van der Waals surface area (Å²) in [6.07, 6.45) is 7.54. The van der Waals surface area contributed by atoms with Crippen molar-refractivity contribution >= 4 is 33.3 Å². The lowest BCUT2D eigenvalue weighted by Crippen LogP contribution is -2.20. The highest BCUT2D eigenvalue weighted by atomic mass is 35.5. The summed E-state index contributed by atoms with van der Waals surface area (Å²) in [7, 11) is 0. The van der Waals surface area contributed by atoms with Crippen molar-refractivity contribution in [1.82, 2.24) is 19.5 Å². The van der Waals surface area contributed by atoms with Crippen LogP contribution < -0.4 is 5.56 Å². The van der Waals surface area contributed by atoms with Crippen molar-refractivity contribution in [3.63, 3.8) is 0 Å². The van der Waals surface area contributed by atoms with Gasteiger partial charge in [-0.05, 0) is 24.1 Å². The molecule has 150 valence electrons. The number of hydrogen-bond acceptors (Lipinski definition) is 4. The molecule has 6 heteroatoms. The zero-order valence-electron chi connectivity index (χ0n) is 16.4. The third-order valence-electron chi connectivity index (χ3n) is 6.01. The van der Waals surface area contributed by atoms with Gasteiger partial charge in [0.15, 0.2) is 0 Å². The molecule has 1 aliphatic carbocycles. The molecule has 0 unspecified atom stereocenters. The Balaban J connectivity index is 1.47. The van der Waals surface area contributed by atoms with Crippen molar-refractivity contribution in [2.24, 2.45) is 0 Å². The summed E-state index contributed by atoms with van der Waals surface area (Å²) in [5.74, 6) is 0.197. The minimum absolute atomic E-state index is 0.0446. The fourth-order valence-electron chi connectivity index (χ4n) is 4.38. The molecule has 1 fully saturated rings. The second-order valence-electron chi connectivity index (χ2n) is 7.88. The van der Waals surface area contributed by atoms with Crippen LogP contribution in [0.5, 0.6) is 0 Å². The monoisotopic (exact) mass is 424 g/mol. The molecule has 6 rings (SSSR count). The lowest BCUT2D eigenvalue weighted by molar-refractivity contribution is 0.688. The molecule has 0 spiro atoms. The molecule has 5 aromatic rings. The van der Waals surface area contributed by atoms with Gasteiger partial charge in [-0.3, -0.25) is 9.78 Å². The van der Waals surface area contributed by atoms with Crippen LogP contribution in [0.3, 0.4) is 0 Å². The number of pyridine rings is 2. The summed E-state index contributed by atoms with van der Waals surface area (Å²) in [6.45, 7) is 0. The van der Waals surface area contributed by atoms with E-state index in [1.54, 1.807) is 23.2 Å². The van der Waals surface area contributed by atoms with Crippen LogP contribution in [0.25, 0.3) is 32.8 Å². The summed E-state index contributed by atoms with van der Waals surface area (Å²) in [6, 6.07) is 18.0. The maximum atomic E-state index is 13.6. The van der Waals surface area contributed by atoms with E-state index >= 15 is 0 Å². The van der Waals surface area contributed by atoms with Gasteiger partial charge in [0.05, 0.1) is 15.9 Å². The molecule has 3 aromatic heterocycles. The molecule has 2 atom stereocenters. The Morgan fingerprint density at radius 1 is 0.968 bits per heavy atom. The Morgan fingerprint density at radius 3 is 2.68 bits per heavy atom. The fourth-order valence-corrected chi connectivity index (χ4v) is 4.64. The van der Waals surface area contributed by atoms with Gasteiger partial charge in [-0.2, -0.15) is 0 Å². The Morgan fingerprint density at radius 2 is 1.81 bits per heavy atom. The summed E-state index contributed by atoms with van der Waals surface area (Å²) in [5.41, 5.74) is 3.52. The number of aromatic nitrogens is 4. The van der Waals surface area contributed by atoms with Crippen LogP contribution in [0, 0.1) is 0 Å². The molecule has 2 aromatic carbocycles. The predicted octanol–water partition coefficient (Wildman–Crippen LogP) is 5.39. The molecule has 0 amide bonds. The number of benzene rings is 2. The van der Waals surface area contributed by atoms with Crippen LogP contribution in [0.2, 0.25) is 5.02 Å². The molecule has 3 heterocycles. The first-order valence-corrected chi connectivity index (χ1v) is 10.5. The molecule has 0 radical (unpaired) electrons. The van der Waals surface area contributed by atoms with Gasteiger partial charge in [-0.25, -0.2) is 9.97 Å². The highest BCUT2D eigenvalue weighted by Crippen LogP contribution is 2.50. The van der Waals surface area contributed by atoms with E-state index in [4.69, 9.17) is 16.6 Å². The summed E-state index contributed by atoms with van der Waals surface area (Å²) in [4.78, 5) is 26.6. The number of nitrogens with zero attached hydrogens (tertiary/aromatic N) is 4. The molecule has 0 N–H and O–H groups in total. The van der Waals surface area contributed by atoms with Gasteiger partial charge in [0.2, 0.25) is 0 Å². The average Bonchev–Trinajstić information content (AvgIpc) is 3.62. The Hall–Kier alpha value is -3.57. The smallest absolute Gasteiger partial charge is 0.259 e. The normalized spacial score (nSPS) is 17.8. The molecule has 0 saturated heterocycles. The van der Waals surface area contributed by atoms with Gasteiger partial charge >= 0.3 is 0 Å². The Labute approximate surface area is 183 Å². The van der Waals surface area contributed by atoms with Gasteiger partial charge in [-0.15, -0.1) is 0 Å². The van der Waals surface area contributed by atoms with Crippen LogP contribution in [0.15, 0.2) is 84.3 Å². The van der Waals surface area contributed by atoms with Crippen molar-refractivity contribution in [2.75, 3.05) is 0 Å². The van der Waals surface area contributed by atoms with Gasteiger partial charge in [-0.1, -0.05) is 54.1 Å². The molecule has 0 aliphatic heterocycles. The van der Waals surface area contributed by atoms with Gasteiger partial charge in [0.1, 0.15) is 6.33 Å². The first-order valence-electron chi connectivity index (χ1n) is 10.1. The van der Waals surface area contributed by atoms with Gasteiger partial charge < -0.3 is 4.57 Å². The molecular weight excluding hydrogens is 408 g/mol. The van der Waals surface area contributed by atoms with E-state index in [1.165, 1.54) is 6.33 Å². The van der Waals surface area contributed by atoms with Crippen LogP contribution in [-0.2, 0) is 0 Å². The molecule has 5 nitrogen and oxygen atoms in total. The SMILES string of the molecule is O=c1c2c(-c3cncnc3)cccc2c(Cl)cn1[C@@H]1C[C@@H]1c1ccc2ccccc2n1. The van der Waals surface area contributed by atoms with Crippen molar-refractivity contribution in [1.29, 1.82) is 0 Å². The lowest BCUT2D eigenvalue weighted by atomic mass is 10.0. The Kier molecular flexibility index (Phi) is 4.11. The second kappa shape index (κ2) is 7.00. The van der Waals surface area contributed by atoms with Crippen LogP contribution in [0.1, 0.15) is 24.1 Å². The van der Waals surface area contributed by atoms with E-state index < -0.39 is 0 Å². The summed E-state index contributed by atoms with van der Waals surface area (Å²) >= 11 is 6.63. The van der Waals surface area contributed by atoms with E-state index in [0.29, 0.717) is 10.4 Å². The maximum absolute atomic E-state index is 13.6. The molecule has 31 heavy (non-hydrogen) atoms. The molecule has 1 saturated carbocycles. The van der Waals surface area contributed by atoms with E-state index in [2.05, 4.69) is 28.2 Å². The van der Waals surface area contributed by atoms with Gasteiger partial charge in [0, 0.05) is 52.6 Å². The van der Waals surface area contributed by atoms with Crippen LogP contribution >= 0.6 is 11.6 Å². The topological polar surface area (TPSA) is 60.7 Å². The van der Waals surface area contributed by atoms with Gasteiger partial charge in [0.25, 0.3) is 5.56 Å². The molecule has 0 bridgehead atoms. The first kappa shape index (κ1) is 18.2. The maximum Gasteiger partial charge on any atom is 0.259 e. The molecule has 1 aliphatic rings. The second-order valence-corrected chi connectivity index (χ2v) is 8.29. The zero-order valence-corrected chi connectivity index (χ0v) is 17.2. The largest absolute Gasteiger partial charge is 0.310 e. The number of hydrogen-bond donors (Lipinski definition) is 0. The number of rotatable bonds is 3.